The van der Waals surface area contributed by atoms with E-state index >= 15 is 0 Å². The van der Waals surface area contributed by atoms with E-state index in [1.54, 1.807) is 12.1 Å². The van der Waals surface area contributed by atoms with Crippen molar-refractivity contribution in [3.05, 3.63) is 29.3 Å². The van der Waals surface area contributed by atoms with E-state index in [2.05, 4.69) is 38.5 Å². The Kier molecular flexibility index (Phi) is 5.87. The van der Waals surface area contributed by atoms with Gasteiger partial charge < -0.3 is 5.73 Å². The fourth-order valence-electron chi connectivity index (χ4n) is 3.04. The van der Waals surface area contributed by atoms with Crippen molar-refractivity contribution in [2.24, 2.45) is 5.73 Å². The van der Waals surface area contributed by atoms with E-state index < -0.39 is 10.0 Å². The summed E-state index contributed by atoms with van der Waals surface area (Å²) in [6.07, 6.45) is 3.82. The fourth-order valence-corrected chi connectivity index (χ4v) is 4.45. The third-order valence-electron chi connectivity index (χ3n) is 4.72. The summed E-state index contributed by atoms with van der Waals surface area (Å²) in [4.78, 5) is 0.366. The smallest absolute Gasteiger partial charge is 0.240 e. The minimum Gasteiger partial charge on any atom is -0.326 e. The predicted molar refractivity (Wildman–Crippen MR) is 95.2 cm³/mol. The number of benzene rings is 1. The summed E-state index contributed by atoms with van der Waals surface area (Å²) in [5.74, 6) is 0.583. The average Bonchev–Trinajstić information content (AvgIpc) is 2.49. The molecule has 2 rings (SSSR count). The molecule has 3 N–H and O–H groups in total. The van der Waals surface area contributed by atoms with E-state index in [4.69, 9.17) is 5.73 Å². The first-order chi connectivity index (χ1) is 10.7. The van der Waals surface area contributed by atoms with E-state index in [1.165, 1.54) is 0 Å². The number of nitrogens with one attached hydrogen (secondary N) is 1. The Balaban J connectivity index is 2.34. The van der Waals surface area contributed by atoms with Crippen LogP contribution in [0.15, 0.2) is 23.1 Å². The van der Waals surface area contributed by atoms with Crippen molar-refractivity contribution in [1.82, 2.24) is 4.72 Å². The highest BCUT2D eigenvalue weighted by Gasteiger charge is 2.27. The number of rotatable bonds is 5. The molecular weight excluding hydrogens is 308 g/mol. The minimum atomic E-state index is -3.53. The molecule has 1 aromatic carbocycles. The molecule has 0 saturated heterocycles. The third kappa shape index (κ3) is 4.55. The second-order valence-corrected chi connectivity index (χ2v) is 9.03. The SMILES string of the molecule is CC(C)c1cc(C(C)C)cc(S(=O)(=O)NC2CCCCC2N)c1. The van der Waals surface area contributed by atoms with E-state index in [9.17, 15) is 8.42 Å². The molecule has 1 aromatic rings. The van der Waals surface area contributed by atoms with Crippen LogP contribution in [0.3, 0.4) is 0 Å². The first-order valence-corrected chi connectivity index (χ1v) is 10.1. The van der Waals surface area contributed by atoms with Crippen LogP contribution in [0.1, 0.15) is 76.3 Å². The molecule has 2 unspecified atom stereocenters. The Hall–Kier alpha value is -0.910. The Morgan fingerprint density at radius 1 is 1.00 bits per heavy atom. The van der Waals surface area contributed by atoms with E-state index in [-0.39, 0.29) is 12.1 Å². The predicted octanol–water partition coefficient (Wildman–Crippen LogP) is 3.48. The van der Waals surface area contributed by atoms with Crippen LogP contribution in [0.2, 0.25) is 0 Å². The lowest BCUT2D eigenvalue weighted by Gasteiger charge is -2.29. The van der Waals surface area contributed by atoms with Crippen molar-refractivity contribution in [3.63, 3.8) is 0 Å². The van der Waals surface area contributed by atoms with Crippen LogP contribution in [-0.2, 0) is 10.0 Å². The lowest BCUT2D eigenvalue weighted by molar-refractivity contribution is 0.361. The molecule has 1 fully saturated rings. The van der Waals surface area contributed by atoms with Crippen LogP contribution in [0.5, 0.6) is 0 Å². The van der Waals surface area contributed by atoms with Crippen LogP contribution < -0.4 is 10.5 Å². The van der Waals surface area contributed by atoms with Gasteiger partial charge in [0.2, 0.25) is 10.0 Å². The van der Waals surface area contributed by atoms with Crippen LogP contribution in [0, 0.1) is 0 Å². The molecule has 1 saturated carbocycles. The number of hydrogen-bond acceptors (Lipinski definition) is 3. The molecule has 5 heteroatoms. The van der Waals surface area contributed by atoms with Gasteiger partial charge in [-0.1, -0.05) is 46.6 Å². The van der Waals surface area contributed by atoms with Crippen molar-refractivity contribution in [2.75, 3.05) is 0 Å². The molecule has 0 radical (unpaired) electrons. The van der Waals surface area contributed by atoms with Crippen molar-refractivity contribution in [1.29, 1.82) is 0 Å². The molecule has 130 valence electrons. The molecule has 0 heterocycles. The van der Waals surface area contributed by atoms with Gasteiger partial charge in [0, 0.05) is 12.1 Å². The van der Waals surface area contributed by atoms with Crippen molar-refractivity contribution in [3.8, 4) is 0 Å². The molecule has 1 aliphatic rings. The Bertz CT molecular complexity index is 612. The first kappa shape index (κ1) is 18.4. The van der Waals surface area contributed by atoms with Gasteiger partial charge in [-0.15, -0.1) is 0 Å². The van der Waals surface area contributed by atoms with Crippen molar-refractivity contribution < 1.29 is 8.42 Å². The Morgan fingerprint density at radius 2 is 1.52 bits per heavy atom. The standard InChI is InChI=1S/C18H30N2O2S/c1-12(2)14-9-15(13(3)4)11-16(10-14)23(21,22)20-18-8-6-5-7-17(18)19/h9-13,17-18,20H,5-8,19H2,1-4H3. The molecule has 0 spiro atoms. The maximum absolute atomic E-state index is 12.8. The van der Waals surface area contributed by atoms with Gasteiger partial charge in [-0.25, -0.2) is 13.1 Å². The Morgan fingerprint density at radius 3 is 2.00 bits per heavy atom. The lowest BCUT2D eigenvalue weighted by Crippen LogP contribution is -2.49. The number of hydrogen-bond donors (Lipinski definition) is 2. The maximum Gasteiger partial charge on any atom is 0.240 e. The van der Waals surface area contributed by atoms with Crippen LogP contribution in [0.4, 0.5) is 0 Å². The van der Waals surface area contributed by atoms with Gasteiger partial charge >= 0.3 is 0 Å². The monoisotopic (exact) mass is 338 g/mol. The lowest BCUT2D eigenvalue weighted by atomic mass is 9.92. The van der Waals surface area contributed by atoms with Crippen molar-refractivity contribution >= 4 is 10.0 Å². The quantitative estimate of drug-likeness (QED) is 0.863. The molecule has 0 amide bonds. The van der Waals surface area contributed by atoms with Gasteiger partial charge in [-0.3, -0.25) is 0 Å². The van der Waals surface area contributed by atoms with Gasteiger partial charge in [0.1, 0.15) is 0 Å². The molecule has 0 aliphatic heterocycles. The molecule has 4 nitrogen and oxygen atoms in total. The minimum absolute atomic E-state index is 0.0867. The zero-order valence-corrected chi connectivity index (χ0v) is 15.5. The Labute approximate surface area is 140 Å². The molecule has 1 aliphatic carbocycles. The van der Waals surface area contributed by atoms with E-state index in [1.807, 2.05) is 0 Å². The third-order valence-corrected chi connectivity index (χ3v) is 6.19. The van der Waals surface area contributed by atoms with Gasteiger partial charge in [-0.05, 0) is 47.9 Å². The topological polar surface area (TPSA) is 72.2 Å². The van der Waals surface area contributed by atoms with Crippen LogP contribution in [0.25, 0.3) is 0 Å². The summed E-state index contributed by atoms with van der Waals surface area (Å²) >= 11 is 0. The summed E-state index contributed by atoms with van der Waals surface area (Å²) in [6, 6.07) is 5.47. The number of sulfonamides is 1. The summed E-state index contributed by atoms with van der Waals surface area (Å²) in [7, 11) is -3.53. The van der Waals surface area contributed by atoms with Crippen LogP contribution >= 0.6 is 0 Å². The van der Waals surface area contributed by atoms with Gasteiger partial charge in [0.25, 0.3) is 0 Å². The van der Waals surface area contributed by atoms with Gasteiger partial charge in [0.05, 0.1) is 4.90 Å². The number of nitrogens with two attached hydrogens (primary N) is 1. The molecule has 2 atom stereocenters. The maximum atomic E-state index is 12.8. The van der Waals surface area contributed by atoms with Crippen LogP contribution in [-0.4, -0.2) is 20.5 Å². The molecule has 23 heavy (non-hydrogen) atoms. The second kappa shape index (κ2) is 7.32. The van der Waals surface area contributed by atoms with Gasteiger partial charge in [0.15, 0.2) is 0 Å². The second-order valence-electron chi connectivity index (χ2n) is 7.32. The highest BCUT2D eigenvalue weighted by Crippen LogP contribution is 2.26. The summed E-state index contributed by atoms with van der Waals surface area (Å²) in [6.45, 7) is 8.33. The summed E-state index contributed by atoms with van der Waals surface area (Å²) < 4.78 is 28.5. The van der Waals surface area contributed by atoms with E-state index in [0.717, 1.165) is 36.8 Å². The normalized spacial score (nSPS) is 22.7. The molecular formula is C18H30N2O2S. The molecule has 0 bridgehead atoms. The zero-order chi connectivity index (χ0) is 17.2. The summed E-state index contributed by atoms with van der Waals surface area (Å²) in [5.41, 5.74) is 8.21. The zero-order valence-electron chi connectivity index (χ0n) is 14.7. The van der Waals surface area contributed by atoms with E-state index in [0.29, 0.717) is 16.7 Å². The fraction of sp³-hybridized carbons (Fsp3) is 0.667. The largest absolute Gasteiger partial charge is 0.326 e. The highest BCUT2D eigenvalue weighted by atomic mass is 32.2. The average molecular weight is 339 g/mol. The highest BCUT2D eigenvalue weighted by molar-refractivity contribution is 7.89. The summed E-state index contributed by atoms with van der Waals surface area (Å²) in [5, 5.41) is 0. The first-order valence-electron chi connectivity index (χ1n) is 8.63. The van der Waals surface area contributed by atoms with Crippen molar-refractivity contribution in [2.45, 2.75) is 82.2 Å². The molecule has 0 aromatic heterocycles. The van der Waals surface area contributed by atoms with Gasteiger partial charge in [-0.2, -0.15) is 0 Å².